The molecule has 1 saturated carbocycles. The van der Waals surface area contributed by atoms with Gasteiger partial charge < -0.3 is 9.67 Å². The molecule has 1 fully saturated rings. The number of nitrogens with zero attached hydrogens (tertiary/aromatic N) is 2. The third-order valence-corrected chi connectivity index (χ3v) is 4.42. The summed E-state index contributed by atoms with van der Waals surface area (Å²) in [4.78, 5) is 15.5. The standard InChI is InChI=1S/C17H20N2O2/c1-12-2-4-13(5-3-12)16-18-10-11-19(16)15-8-6-14(7-9-15)17(20)21/h2-5,10-11,14-15H,6-9H2,1H3,(H,20,21). The van der Waals surface area contributed by atoms with Crippen LogP contribution in [0.3, 0.4) is 0 Å². The first kappa shape index (κ1) is 13.9. The van der Waals surface area contributed by atoms with Gasteiger partial charge in [-0.3, -0.25) is 4.79 Å². The fraction of sp³-hybridized carbons (Fsp3) is 0.412. The fourth-order valence-electron chi connectivity index (χ4n) is 3.13. The van der Waals surface area contributed by atoms with Crippen molar-refractivity contribution in [2.75, 3.05) is 0 Å². The Bertz CT molecular complexity index is 622. The summed E-state index contributed by atoms with van der Waals surface area (Å²) in [5, 5.41) is 9.09. The van der Waals surface area contributed by atoms with E-state index in [0.29, 0.717) is 6.04 Å². The van der Waals surface area contributed by atoms with Crippen LogP contribution in [0.15, 0.2) is 36.7 Å². The Labute approximate surface area is 124 Å². The van der Waals surface area contributed by atoms with E-state index in [4.69, 9.17) is 5.11 Å². The van der Waals surface area contributed by atoms with Crippen LogP contribution in [0.1, 0.15) is 37.3 Å². The maximum Gasteiger partial charge on any atom is 0.306 e. The van der Waals surface area contributed by atoms with Crippen LogP contribution in [0.25, 0.3) is 11.4 Å². The van der Waals surface area contributed by atoms with E-state index in [1.165, 1.54) is 5.56 Å². The largest absolute Gasteiger partial charge is 0.481 e. The zero-order valence-electron chi connectivity index (χ0n) is 12.2. The first-order valence-electron chi connectivity index (χ1n) is 7.48. The highest BCUT2D eigenvalue weighted by atomic mass is 16.4. The monoisotopic (exact) mass is 284 g/mol. The van der Waals surface area contributed by atoms with Gasteiger partial charge in [-0.1, -0.05) is 29.8 Å². The van der Waals surface area contributed by atoms with Gasteiger partial charge in [-0.2, -0.15) is 0 Å². The molecule has 0 amide bonds. The number of hydrogen-bond donors (Lipinski definition) is 1. The van der Waals surface area contributed by atoms with Crippen molar-refractivity contribution in [1.82, 2.24) is 9.55 Å². The minimum absolute atomic E-state index is 0.174. The zero-order chi connectivity index (χ0) is 14.8. The average Bonchev–Trinajstić information content (AvgIpc) is 2.97. The molecule has 4 heteroatoms. The van der Waals surface area contributed by atoms with E-state index < -0.39 is 5.97 Å². The molecule has 0 aliphatic heterocycles. The van der Waals surface area contributed by atoms with E-state index in [0.717, 1.165) is 37.1 Å². The van der Waals surface area contributed by atoms with E-state index in [2.05, 4.69) is 40.7 Å². The number of carbonyl (C=O) groups is 1. The minimum atomic E-state index is -0.655. The smallest absolute Gasteiger partial charge is 0.306 e. The first-order valence-corrected chi connectivity index (χ1v) is 7.48. The van der Waals surface area contributed by atoms with Crippen LogP contribution in [0, 0.1) is 12.8 Å². The summed E-state index contributed by atoms with van der Waals surface area (Å²) in [5.41, 5.74) is 2.35. The summed E-state index contributed by atoms with van der Waals surface area (Å²) in [6, 6.07) is 8.74. The van der Waals surface area contributed by atoms with E-state index in [-0.39, 0.29) is 5.92 Å². The normalized spacial score (nSPS) is 22.1. The predicted octanol–water partition coefficient (Wildman–Crippen LogP) is 3.67. The van der Waals surface area contributed by atoms with Crippen LogP contribution in [-0.2, 0) is 4.79 Å². The van der Waals surface area contributed by atoms with E-state index in [9.17, 15) is 4.79 Å². The second-order valence-electron chi connectivity index (χ2n) is 5.87. The van der Waals surface area contributed by atoms with Crippen molar-refractivity contribution in [2.45, 2.75) is 38.6 Å². The van der Waals surface area contributed by atoms with Crippen LogP contribution in [-0.4, -0.2) is 20.6 Å². The lowest BCUT2D eigenvalue weighted by molar-refractivity contribution is -0.143. The van der Waals surface area contributed by atoms with Gasteiger partial charge in [0.15, 0.2) is 0 Å². The molecule has 1 aromatic carbocycles. The molecular formula is C17H20N2O2. The van der Waals surface area contributed by atoms with Crippen molar-refractivity contribution < 1.29 is 9.90 Å². The highest BCUT2D eigenvalue weighted by Gasteiger charge is 2.27. The molecule has 3 rings (SSSR count). The van der Waals surface area contributed by atoms with Crippen molar-refractivity contribution in [1.29, 1.82) is 0 Å². The molecule has 1 aliphatic rings. The average molecular weight is 284 g/mol. The summed E-state index contributed by atoms with van der Waals surface area (Å²) in [7, 11) is 0. The molecule has 0 radical (unpaired) electrons. The number of carboxylic acid groups (broad SMARTS) is 1. The molecule has 0 atom stereocenters. The zero-order valence-corrected chi connectivity index (χ0v) is 12.2. The van der Waals surface area contributed by atoms with E-state index in [1.54, 1.807) is 0 Å². The van der Waals surface area contributed by atoms with Gasteiger partial charge in [0.25, 0.3) is 0 Å². The number of benzene rings is 1. The number of aliphatic carboxylic acids is 1. The summed E-state index contributed by atoms with van der Waals surface area (Å²) < 4.78 is 2.21. The third kappa shape index (κ3) is 2.84. The van der Waals surface area contributed by atoms with Crippen LogP contribution in [0.5, 0.6) is 0 Å². The summed E-state index contributed by atoms with van der Waals surface area (Å²) in [6.45, 7) is 2.07. The molecule has 1 aromatic heterocycles. The highest BCUT2D eigenvalue weighted by Crippen LogP contribution is 2.34. The predicted molar refractivity (Wildman–Crippen MR) is 81.0 cm³/mol. The molecule has 110 valence electrons. The Morgan fingerprint density at radius 1 is 1.19 bits per heavy atom. The molecule has 0 unspecified atom stereocenters. The number of aromatic nitrogens is 2. The molecule has 1 aliphatic carbocycles. The van der Waals surface area contributed by atoms with Gasteiger partial charge in [0, 0.05) is 24.0 Å². The lowest BCUT2D eigenvalue weighted by Crippen LogP contribution is -2.23. The van der Waals surface area contributed by atoms with E-state index >= 15 is 0 Å². The van der Waals surface area contributed by atoms with Gasteiger partial charge in [0.2, 0.25) is 0 Å². The van der Waals surface area contributed by atoms with Crippen molar-refractivity contribution in [2.24, 2.45) is 5.92 Å². The lowest BCUT2D eigenvalue weighted by Gasteiger charge is -2.28. The van der Waals surface area contributed by atoms with Gasteiger partial charge in [0.1, 0.15) is 5.82 Å². The quantitative estimate of drug-likeness (QED) is 0.935. The van der Waals surface area contributed by atoms with Crippen LogP contribution in [0.2, 0.25) is 0 Å². The van der Waals surface area contributed by atoms with Crippen LogP contribution < -0.4 is 0 Å². The topological polar surface area (TPSA) is 55.1 Å². The second-order valence-corrected chi connectivity index (χ2v) is 5.87. The maximum absolute atomic E-state index is 11.0. The second kappa shape index (κ2) is 5.72. The molecule has 0 bridgehead atoms. The Morgan fingerprint density at radius 2 is 1.86 bits per heavy atom. The lowest BCUT2D eigenvalue weighted by atomic mass is 9.86. The molecule has 1 heterocycles. The van der Waals surface area contributed by atoms with Crippen molar-refractivity contribution in [3.8, 4) is 11.4 Å². The summed E-state index contributed by atoms with van der Waals surface area (Å²) in [6.07, 6.45) is 7.18. The van der Waals surface area contributed by atoms with Crippen molar-refractivity contribution in [3.63, 3.8) is 0 Å². The Morgan fingerprint density at radius 3 is 2.48 bits per heavy atom. The summed E-state index contributed by atoms with van der Waals surface area (Å²) in [5.74, 6) is 0.152. The number of carboxylic acids is 1. The van der Waals surface area contributed by atoms with Crippen LogP contribution >= 0.6 is 0 Å². The van der Waals surface area contributed by atoms with Gasteiger partial charge in [-0.05, 0) is 32.6 Å². The van der Waals surface area contributed by atoms with Crippen molar-refractivity contribution in [3.05, 3.63) is 42.2 Å². The van der Waals surface area contributed by atoms with Crippen LogP contribution in [0.4, 0.5) is 0 Å². The van der Waals surface area contributed by atoms with Gasteiger partial charge in [-0.25, -0.2) is 4.98 Å². The van der Waals surface area contributed by atoms with Crippen molar-refractivity contribution >= 4 is 5.97 Å². The molecule has 0 saturated heterocycles. The highest BCUT2D eigenvalue weighted by molar-refractivity contribution is 5.70. The van der Waals surface area contributed by atoms with Gasteiger partial charge in [-0.15, -0.1) is 0 Å². The Kier molecular flexibility index (Phi) is 3.78. The third-order valence-electron chi connectivity index (χ3n) is 4.42. The molecule has 4 nitrogen and oxygen atoms in total. The number of aryl methyl sites for hydroxylation is 1. The number of hydrogen-bond acceptors (Lipinski definition) is 2. The SMILES string of the molecule is Cc1ccc(-c2nccn2C2CCC(C(=O)O)CC2)cc1. The summed E-state index contributed by atoms with van der Waals surface area (Å²) >= 11 is 0. The maximum atomic E-state index is 11.0. The molecule has 21 heavy (non-hydrogen) atoms. The first-order chi connectivity index (χ1) is 10.1. The molecule has 0 spiro atoms. The Hall–Kier alpha value is -2.10. The Balaban J connectivity index is 1.80. The molecule has 2 aromatic rings. The van der Waals surface area contributed by atoms with Gasteiger partial charge >= 0.3 is 5.97 Å². The van der Waals surface area contributed by atoms with E-state index in [1.807, 2.05) is 12.4 Å². The minimum Gasteiger partial charge on any atom is -0.481 e. The van der Waals surface area contributed by atoms with Gasteiger partial charge in [0.05, 0.1) is 5.92 Å². The number of imidazole rings is 1. The fourth-order valence-corrected chi connectivity index (χ4v) is 3.13. The molecular weight excluding hydrogens is 264 g/mol. The number of rotatable bonds is 3. The molecule has 1 N–H and O–H groups in total.